The summed E-state index contributed by atoms with van der Waals surface area (Å²) in [4.78, 5) is 2.48. The second kappa shape index (κ2) is 5.72. The second-order valence-electron chi connectivity index (χ2n) is 6.28. The molecule has 106 valence electrons. The molecule has 1 heterocycles. The maximum atomic E-state index is 6.43. The molecule has 2 N–H and O–H groups in total. The summed E-state index contributed by atoms with van der Waals surface area (Å²) in [6.45, 7) is 7.80. The molecule has 0 bridgehead atoms. The minimum Gasteiger partial charge on any atom is -0.326 e. The standard InChI is InChI=1S/C15H22BrClN2/c1-15(2,3)19-8-4-5-13(18)14(19)11-7-6-10(16)9-12(11)17/h6-7,9,13-14H,4-5,8,18H2,1-3H3. The first kappa shape index (κ1) is 15.3. The first-order chi connectivity index (χ1) is 8.80. The number of piperidine rings is 1. The molecule has 0 aliphatic carbocycles. The van der Waals surface area contributed by atoms with Crippen LogP contribution in [0, 0.1) is 0 Å². The van der Waals surface area contributed by atoms with E-state index in [1.54, 1.807) is 0 Å². The van der Waals surface area contributed by atoms with Crippen LogP contribution in [0.3, 0.4) is 0 Å². The third-order valence-corrected chi connectivity index (χ3v) is 4.64. The summed E-state index contributed by atoms with van der Waals surface area (Å²) < 4.78 is 1.01. The van der Waals surface area contributed by atoms with Crippen molar-refractivity contribution in [1.82, 2.24) is 4.90 Å². The van der Waals surface area contributed by atoms with Crippen molar-refractivity contribution in [3.8, 4) is 0 Å². The topological polar surface area (TPSA) is 29.3 Å². The number of hydrogen-bond acceptors (Lipinski definition) is 2. The third-order valence-electron chi connectivity index (χ3n) is 3.82. The smallest absolute Gasteiger partial charge is 0.0519 e. The van der Waals surface area contributed by atoms with Crippen molar-refractivity contribution >= 4 is 27.5 Å². The Balaban J connectivity index is 2.42. The Morgan fingerprint density at radius 2 is 2.05 bits per heavy atom. The fourth-order valence-corrected chi connectivity index (χ4v) is 3.70. The van der Waals surface area contributed by atoms with Crippen LogP contribution in [0.5, 0.6) is 0 Å². The van der Waals surface area contributed by atoms with Crippen LogP contribution in [0.2, 0.25) is 5.02 Å². The molecule has 4 heteroatoms. The number of benzene rings is 1. The zero-order valence-electron chi connectivity index (χ0n) is 11.8. The van der Waals surface area contributed by atoms with Gasteiger partial charge in [0.25, 0.3) is 0 Å². The molecule has 0 amide bonds. The van der Waals surface area contributed by atoms with Gasteiger partial charge in [0.2, 0.25) is 0 Å². The molecule has 1 saturated heterocycles. The molecular weight excluding hydrogens is 324 g/mol. The first-order valence-corrected chi connectivity index (χ1v) is 7.95. The first-order valence-electron chi connectivity index (χ1n) is 6.78. The van der Waals surface area contributed by atoms with Gasteiger partial charge in [0.05, 0.1) is 6.04 Å². The minimum absolute atomic E-state index is 0.0963. The molecular formula is C15H22BrClN2. The summed E-state index contributed by atoms with van der Waals surface area (Å²) in [6.07, 6.45) is 2.22. The van der Waals surface area contributed by atoms with E-state index in [2.05, 4.69) is 47.7 Å². The summed E-state index contributed by atoms with van der Waals surface area (Å²) in [5.74, 6) is 0. The summed E-state index contributed by atoms with van der Waals surface area (Å²) in [5, 5.41) is 0.797. The number of rotatable bonds is 1. The van der Waals surface area contributed by atoms with Gasteiger partial charge in [0.15, 0.2) is 0 Å². The third kappa shape index (κ3) is 3.33. The fraction of sp³-hybridized carbons (Fsp3) is 0.600. The van der Waals surface area contributed by atoms with E-state index in [1.165, 1.54) is 0 Å². The lowest BCUT2D eigenvalue weighted by atomic mass is 9.87. The molecule has 1 aromatic rings. The van der Waals surface area contributed by atoms with Crippen LogP contribution in [0.15, 0.2) is 22.7 Å². The fourth-order valence-electron chi connectivity index (χ4n) is 2.92. The average molecular weight is 346 g/mol. The molecule has 0 saturated carbocycles. The van der Waals surface area contributed by atoms with Gasteiger partial charge in [0.1, 0.15) is 0 Å². The second-order valence-corrected chi connectivity index (χ2v) is 7.60. The van der Waals surface area contributed by atoms with Gasteiger partial charge in [-0.3, -0.25) is 4.90 Å². The van der Waals surface area contributed by atoms with Crippen LogP contribution >= 0.6 is 27.5 Å². The van der Waals surface area contributed by atoms with Crippen molar-refractivity contribution in [2.75, 3.05) is 6.54 Å². The van der Waals surface area contributed by atoms with Crippen molar-refractivity contribution < 1.29 is 0 Å². The van der Waals surface area contributed by atoms with Gasteiger partial charge in [-0.15, -0.1) is 0 Å². The molecule has 0 spiro atoms. The highest BCUT2D eigenvalue weighted by Crippen LogP contribution is 2.39. The average Bonchev–Trinajstić information content (AvgIpc) is 2.28. The summed E-state index contributed by atoms with van der Waals surface area (Å²) in [5.41, 5.74) is 7.63. The predicted octanol–water partition coefficient (Wildman–Crippen LogP) is 4.37. The molecule has 1 aromatic carbocycles. The van der Waals surface area contributed by atoms with E-state index < -0.39 is 0 Å². The number of nitrogens with two attached hydrogens (primary N) is 1. The van der Waals surface area contributed by atoms with Gasteiger partial charge in [-0.1, -0.05) is 33.6 Å². The Morgan fingerprint density at radius 1 is 1.37 bits per heavy atom. The molecule has 2 nitrogen and oxygen atoms in total. The number of nitrogens with zero attached hydrogens (tertiary/aromatic N) is 1. The Morgan fingerprint density at radius 3 is 2.63 bits per heavy atom. The van der Waals surface area contributed by atoms with Crippen LogP contribution in [-0.4, -0.2) is 23.0 Å². The van der Waals surface area contributed by atoms with Crippen LogP contribution in [0.25, 0.3) is 0 Å². The number of likely N-dealkylation sites (tertiary alicyclic amines) is 1. The zero-order chi connectivity index (χ0) is 14.2. The van der Waals surface area contributed by atoms with Crippen LogP contribution in [0.1, 0.15) is 45.2 Å². The summed E-state index contributed by atoms with van der Waals surface area (Å²) in [6, 6.07) is 6.45. The molecule has 2 atom stereocenters. The highest BCUT2D eigenvalue weighted by Gasteiger charge is 2.37. The molecule has 1 aliphatic rings. The maximum Gasteiger partial charge on any atom is 0.0519 e. The minimum atomic E-state index is 0.0963. The normalized spacial score (nSPS) is 25.6. The number of hydrogen-bond donors (Lipinski definition) is 1. The Labute approximate surface area is 129 Å². The van der Waals surface area contributed by atoms with Crippen molar-refractivity contribution in [3.05, 3.63) is 33.3 Å². The SMILES string of the molecule is CC(C)(C)N1CCCC(N)C1c1ccc(Br)cc1Cl. The van der Waals surface area contributed by atoms with Gasteiger partial charge >= 0.3 is 0 Å². The van der Waals surface area contributed by atoms with E-state index in [9.17, 15) is 0 Å². The van der Waals surface area contributed by atoms with Crippen LogP contribution in [0.4, 0.5) is 0 Å². The van der Waals surface area contributed by atoms with E-state index in [1.807, 2.05) is 12.1 Å². The Kier molecular flexibility index (Phi) is 4.61. The largest absolute Gasteiger partial charge is 0.326 e. The predicted molar refractivity (Wildman–Crippen MR) is 85.6 cm³/mol. The molecule has 1 aliphatic heterocycles. The van der Waals surface area contributed by atoms with Crippen LogP contribution in [-0.2, 0) is 0 Å². The highest BCUT2D eigenvalue weighted by molar-refractivity contribution is 9.10. The maximum absolute atomic E-state index is 6.43. The van der Waals surface area contributed by atoms with E-state index in [0.29, 0.717) is 0 Å². The van der Waals surface area contributed by atoms with Crippen molar-refractivity contribution in [2.45, 2.75) is 51.2 Å². The van der Waals surface area contributed by atoms with Crippen molar-refractivity contribution in [1.29, 1.82) is 0 Å². The van der Waals surface area contributed by atoms with Crippen molar-refractivity contribution in [2.24, 2.45) is 5.73 Å². The van der Waals surface area contributed by atoms with Gasteiger partial charge in [-0.25, -0.2) is 0 Å². The van der Waals surface area contributed by atoms with E-state index in [4.69, 9.17) is 17.3 Å². The zero-order valence-corrected chi connectivity index (χ0v) is 14.1. The van der Waals surface area contributed by atoms with Crippen LogP contribution < -0.4 is 5.73 Å². The van der Waals surface area contributed by atoms with E-state index in [-0.39, 0.29) is 17.6 Å². The Hall–Kier alpha value is -0.0900. The van der Waals surface area contributed by atoms with E-state index >= 15 is 0 Å². The number of halogens is 2. The summed E-state index contributed by atoms with van der Waals surface area (Å²) >= 11 is 9.89. The molecule has 1 fully saturated rings. The van der Waals surface area contributed by atoms with Gasteiger partial charge in [0, 0.05) is 21.1 Å². The lowest BCUT2D eigenvalue weighted by Gasteiger charge is -2.47. The molecule has 19 heavy (non-hydrogen) atoms. The molecule has 2 rings (SSSR count). The van der Waals surface area contributed by atoms with Gasteiger partial charge in [-0.2, -0.15) is 0 Å². The molecule has 0 radical (unpaired) electrons. The summed E-state index contributed by atoms with van der Waals surface area (Å²) in [7, 11) is 0. The quantitative estimate of drug-likeness (QED) is 0.819. The monoisotopic (exact) mass is 344 g/mol. The van der Waals surface area contributed by atoms with E-state index in [0.717, 1.165) is 34.4 Å². The van der Waals surface area contributed by atoms with Gasteiger partial charge in [-0.05, 0) is 57.9 Å². The molecule has 2 unspecified atom stereocenters. The highest BCUT2D eigenvalue weighted by atomic mass is 79.9. The lowest BCUT2D eigenvalue weighted by molar-refractivity contribution is 0.0385. The van der Waals surface area contributed by atoms with Crippen molar-refractivity contribution in [3.63, 3.8) is 0 Å². The molecule has 0 aromatic heterocycles. The van der Waals surface area contributed by atoms with Gasteiger partial charge < -0.3 is 5.73 Å². The lowest BCUT2D eigenvalue weighted by Crippen LogP contribution is -2.53. The Bertz CT molecular complexity index is 456.